The van der Waals surface area contributed by atoms with Crippen LogP contribution >= 0.6 is 0 Å². The van der Waals surface area contributed by atoms with Crippen LogP contribution in [0.3, 0.4) is 0 Å². The number of urea groups is 1. The summed E-state index contributed by atoms with van der Waals surface area (Å²) < 4.78 is 0. The number of fused-ring (bicyclic) bond motifs is 1. The lowest BCUT2D eigenvalue weighted by atomic mass is 10.2. The van der Waals surface area contributed by atoms with Gasteiger partial charge in [-0.2, -0.15) is 0 Å². The number of nitrogens with two attached hydrogens (primary N) is 1. The van der Waals surface area contributed by atoms with Crippen LogP contribution in [0.15, 0.2) is 24.3 Å². The normalized spacial score (nSPS) is 19.9. The van der Waals surface area contributed by atoms with Gasteiger partial charge in [0.25, 0.3) is 5.91 Å². The Balaban J connectivity index is 1.62. The molecule has 2 aliphatic heterocycles. The summed E-state index contributed by atoms with van der Waals surface area (Å²) in [7, 11) is 0. The number of primary amides is 1. The fraction of sp³-hybridized carbons (Fsp3) is 0.333. The molecule has 3 N–H and O–H groups in total. The molecular weight excluding hydrogens is 300 g/mol. The van der Waals surface area contributed by atoms with Gasteiger partial charge < -0.3 is 16.0 Å². The predicted octanol–water partition coefficient (Wildman–Crippen LogP) is 0.151. The number of hydrogen-bond acceptors (Lipinski definition) is 4. The lowest BCUT2D eigenvalue weighted by Gasteiger charge is -2.15. The van der Waals surface area contributed by atoms with Gasteiger partial charge in [-0.1, -0.05) is 0 Å². The van der Waals surface area contributed by atoms with Crippen molar-refractivity contribution in [1.29, 1.82) is 0 Å². The second-order valence-electron chi connectivity index (χ2n) is 5.55. The van der Waals surface area contributed by atoms with E-state index in [0.29, 0.717) is 24.2 Å². The number of carbonyl (C=O) groups excluding carboxylic acids is 4. The zero-order valence-corrected chi connectivity index (χ0v) is 12.3. The molecule has 0 bridgehead atoms. The third-order valence-electron chi connectivity index (χ3n) is 4.04. The van der Waals surface area contributed by atoms with Crippen molar-refractivity contribution >= 4 is 29.4 Å². The van der Waals surface area contributed by atoms with Crippen LogP contribution < -0.4 is 11.1 Å². The molecule has 2 fully saturated rings. The molecule has 2 saturated heterocycles. The molecule has 2 heterocycles. The van der Waals surface area contributed by atoms with Crippen LogP contribution in [-0.2, 0) is 9.59 Å². The molecule has 0 spiro atoms. The molecule has 1 unspecified atom stereocenters. The van der Waals surface area contributed by atoms with E-state index in [2.05, 4.69) is 5.32 Å². The summed E-state index contributed by atoms with van der Waals surface area (Å²) in [6, 6.07) is 5.22. The SMILES string of the molecule is NC(=O)c1ccc(NC(=O)CN2C(=O)C3CCCN3C2=O)cc1. The molecule has 0 aliphatic carbocycles. The van der Waals surface area contributed by atoms with Gasteiger partial charge in [-0.05, 0) is 37.1 Å². The van der Waals surface area contributed by atoms with Gasteiger partial charge in [-0.25, -0.2) is 4.79 Å². The summed E-state index contributed by atoms with van der Waals surface area (Å²) in [4.78, 5) is 49.7. The zero-order chi connectivity index (χ0) is 16.6. The van der Waals surface area contributed by atoms with E-state index in [4.69, 9.17) is 5.73 Å². The van der Waals surface area contributed by atoms with Crippen molar-refractivity contribution in [2.45, 2.75) is 18.9 Å². The van der Waals surface area contributed by atoms with Gasteiger partial charge >= 0.3 is 6.03 Å². The van der Waals surface area contributed by atoms with E-state index in [1.165, 1.54) is 29.2 Å². The van der Waals surface area contributed by atoms with E-state index in [1.54, 1.807) is 0 Å². The fourth-order valence-electron chi connectivity index (χ4n) is 2.89. The summed E-state index contributed by atoms with van der Waals surface area (Å²) in [5.74, 6) is -1.34. The number of nitrogens with zero attached hydrogens (tertiary/aromatic N) is 2. The van der Waals surface area contributed by atoms with Crippen molar-refractivity contribution < 1.29 is 19.2 Å². The molecule has 0 saturated carbocycles. The Labute approximate surface area is 132 Å². The van der Waals surface area contributed by atoms with Gasteiger partial charge in [-0.15, -0.1) is 0 Å². The first kappa shape index (κ1) is 15.0. The Morgan fingerprint density at radius 2 is 1.91 bits per heavy atom. The number of anilines is 1. The first-order valence-corrected chi connectivity index (χ1v) is 7.29. The summed E-state index contributed by atoms with van der Waals surface area (Å²) >= 11 is 0. The van der Waals surface area contributed by atoms with Crippen molar-refractivity contribution in [2.75, 3.05) is 18.4 Å². The van der Waals surface area contributed by atoms with Crippen molar-refractivity contribution in [2.24, 2.45) is 5.73 Å². The molecule has 0 radical (unpaired) electrons. The highest BCUT2D eigenvalue weighted by molar-refractivity contribution is 6.08. The largest absolute Gasteiger partial charge is 0.366 e. The maximum Gasteiger partial charge on any atom is 0.327 e. The highest BCUT2D eigenvalue weighted by Gasteiger charge is 2.47. The van der Waals surface area contributed by atoms with Crippen molar-refractivity contribution in [3.05, 3.63) is 29.8 Å². The smallest absolute Gasteiger partial charge is 0.327 e. The minimum atomic E-state index is -0.559. The number of rotatable bonds is 4. The number of benzene rings is 1. The van der Waals surface area contributed by atoms with Crippen LogP contribution in [0.1, 0.15) is 23.2 Å². The lowest BCUT2D eigenvalue weighted by Crippen LogP contribution is -2.39. The monoisotopic (exact) mass is 316 g/mol. The minimum Gasteiger partial charge on any atom is -0.366 e. The van der Waals surface area contributed by atoms with E-state index >= 15 is 0 Å². The molecule has 0 aromatic heterocycles. The van der Waals surface area contributed by atoms with Crippen LogP contribution in [0.2, 0.25) is 0 Å². The Bertz CT molecular complexity index is 663. The average Bonchev–Trinajstić information content (AvgIpc) is 3.08. The quantitative estimate of drug-likeness (QED) is 0.770. The Morgan fingerprint density at radius 3 is 2.52 bits per heavy atom. The number of hydrogen-bond donors (Lipinski definition) is 2. The maximum absolute atomic E-state index is 12.1. The van der Waals surface area contributed by atoms with Crippen LogP contribution in [0, 0.1) is 0 Å². The highest BCUT2D eigenvalue weighted by atomic mass is 16.2. The Hall–Kier alpha value is -2.90. The Morgan fingerprint density at radius 1 is 1.22 bits per heavy atom. The first-order chi connectivity index (χ1) is 11.0. The van der Waals surface area contributed by atoms with Gasteiger partial charge in [0.05, 0.1) is 0 Å². The van der Waals surface area contributed by atoms with Crippen LogP contribution in [-0.4, -0.2) is 52.7 Å². The summed E-state index contributed by atoms with van der Waals surface area (Å²) in [5.41, 5.74) is 5.92. The first-order valence-electron chi connectivity index (χ1n) is 7.29. The standard InChI is InChI=1S/C15H16N4O4/c16-13(21)9-3-5-10(6-4-9)17-12(20)8-19-14(22)11-2-1-7-18(11)15(19)23/h3-6,11H,1-2,7-8H2,(H2,16,21)(H,17,20). The molecule has 3 rings (SSSR count). The predicted molar refractivity (Wildman–Crippen MR) is 80.4 cm³/mol. The molecule has 120 valence electrons. The molecule has 2 aliphatic rings. The second-order valence-corrected chi connectivity index (χ2v) is 5.55. The highest BCUT2D eigenvalue weighted by Crippen LogP contribution is 2.27. The molecule has 1 aromatic rings. The van der Waals surface area contributed by atoms with Gasteiger partial charge in [-0.3, -0.25) is 19.3 Å². The van der Waals surface area contributed by atoms with Crippen LogP contribution in [0.4, 0.5) is 10.5 Å². The van der Waals surface area contributed by atoms with Crippen molar-refractivity contribution in [3.63, 3.8) is 0 Å². The number of nitrogens with one attached hydrogen (secondary N) is 1. The maximum atomic E-state index is 12.1. The molecule has 8 nitrogen and oxygen atoms in total. The number of carbonyl (C=O) groups is 4. The third kappa shape index (κ3) is 2.75. The van der Waals surface area contributed by atoms with Crippen LogP contribution in [0.5, 0.6) is 0 Å². The second kappa shape index (κ2) is 5.71. The van der Waals surface area contributed by atoms with Crippen molar-refractivity contribution in [3.8, 4) is 0 Å². The topological polar surface area (TPSA) is 113 Å². The summed E-state index contributed by atoms with van der Waals surface area (Å²) in [6.45, 7) is 0.240. The van der Waals surface area contributed by atoms with Crippen LogP contribution in [0.25, 0.3) is 0 Å². The van der Waals surface area contributed by atoms with Gasteiger partial charge in [0.2, 0.25) is 11.8 Å². The molecule has 23 heavy (non-hydrogen) atoms. The van der Waals surface area contributed by atoms with Crippen molar-refractivity contribution in [1.82, 2.24) is 9.80 Å². The molecule has 5 amide bonds. The average molecular weight is 316 g/mol. The molecule has 1 aromatic carbocycles. The fourth-order valence-corrected chi connectivity index (χ4v) is 2.89. The van der Waals surface area contributed by atoms with Gasteiger partial charge in [0.15, 0.2) is 0 Å². The number of imide groups is 1. The molecule has 8 heteroatoms. The van der Waals surface area contributed by atoms with Gasteiger partial charge in [0.1, 0.15) is 12.6 Å². The lowest BCUT2D eigenvalue weighted by molar-refractivity contribution is -0.131. The number of amides is 5. The minimum absolute atomic E-state index is 0.313. The third-order valence-corrected chi connectivity index (χ3v) is 4.04. The van der Waals surface area contributed by atoms with E-state index in [-0.39, 0.29) is 12.5 Å². The van der Waals surface area contributed by atoms with E-state index in [1.807, 2.05) is 0 Å². The van der Waals surface area contributed by atoms with Gasteiger partial charge in [0, 0.05) is 17.8 Å². The Kier molecular flexibility index (Phi) is 3.73. The van der Waals surface area contributed by atoms with E-state index in [9.17, 15) is 19.2 Å². The zero-order valence-electron chi connectivity index (χ0n) is 12.3. The van der Waals surface area contributed by atoms with E-state index < -0.39 is 23.9 Å². The summed E-state index contributed by atoms with van der Waals surface area (Å²) in [5, 5.41) is 2.59. The molecule has 1 atom stereocenters. The molecular formula is C15H16N4O4. The summed E-state index contributed by atoms with van der Waals surface area (Å²) in [6.07, 6.45) is 1.46. The van der Waals surface area contributed by atoms with E-state index in [0.717, 1.165) is 11.3 Å².